The molecule has 1 aromatic carbocycles. The molecule has 0 saturated carbocycles. The van der Waals surface area contributed by atoms with Crippen LogP contribution in [0.15, 0.2) is 22.7 Å². The first kappa shape index (κ1) is 14.4. The molecule has 0 aliphatic carbocycles. The fourth-order valence-corrected chi connectivity index (χ4v) is 3.43. The highest BCUT2D eigenvalue weighted by atomic mass is 79.9. The number of benzene rings is 1. The number of rotatable bonds is 2. The molecule has 0 bridgehead atoms. The van der Waals surface area contributed by atoms with Gasteiger partial charge in [0.05, 0.1) is 0 Å². The fraction of sp³-hybridized carbons (Fsp3) is 0.571. The third kappa shape index (κ3) is 2.91. The van der Waals surface area contributed by atoms with Gasteiger partial charge in [0.1, 0.15) is 0 Å². The van der Waals surface area contributed by atoms with Crippen LogP contribution in [0.3, 0.4) is 0 Å². The number of nitrogens with zero attached hydrogens (tertiary/aromatic N) is 2. The lowest BCUT2D eigenvalue weighted by Gasteiger charge is -2.44. The normalized spacial score (nSPS) is 25.5. The highest BCUT2D eigenvalue weighted by molar-refractivity contribution is 9.10. The largest absolute Gasteiger partial charge is 0.368 e. The van der Waals surface area contributed by atoms with E-state index in [1.54, 1.807) is 0 Å². The van der Waals surface area contributed by atoms with E-state index in [9.17, 15) is 0 Å². The summed E-state index contributed by atoms with van der Waals surface area (Å²) in [5.74, 6) is 0. The molecule has 2 atom stereocenters. The summed E-state index contributed by atoms with van der Waals surface area (Å²) in [6.07, 6.45) is 0. The van der Waals surface area contributed by atoms with Crippen LogP contribution in [0.25, 0.3) is 0 Å². The van der Waals surface area contributed by atoms with Gasteiger partial charge in [0, 0.05) is 40.7 Å². The minimum absolute atomic E-state index is 0.598. The van der Waals surface area contributed by atoms with Crippen molar-refractivity contribution in [2.75, 3.05) is 25.0 Å². The Labute approximate surface area is 127 Å². The van der Waals surface area contributed by atoms with Gasteiger partial charge in [-0.15, -0.1) is 0 Å². The van der Waals surface area contributed by atoms with E-state index in [0.29, 0.717) is 12.1 Å². The number of piperazine rings is 1. The maximum absolute atomic E-state index is 3.59. The summed E-state index contributed by atoms with van der Waals surface area (Å²) in [4.78, 5) is 4.97. The van der Waals surface area contributed by atoms with Gasteiger partial charge in [0.15, 0.2) is 0 Å². The topological polar surface area (TPSA) is 6.48 Å². The number of hydrogen-bond acceptors (Lipinski definition) is 2. The molecular weight excluding hydrogens is 356 g/mol. The molecule has 0 aromatic heterocycles. The Balaban J connectivity index is 2.26. The van der Waals surface area contributed by atoms with Crippen molar-refractivity contribution in [3.05, 3.63) is 28.2 Å². The maximum Gasteiger partial charge on any atom is 0.0409 e. The SMILES string of the molecule is CC1CN(c2ccc(Br)cc2CBr)CC(C)N1C. The lowest BCUT2D eigenvalue weighted by molar-refractivity contribution is 0.170. The van der Waals surface area contributed by atoms with E-state index in [1.165, 1.54) is 11.3 Å². The van der Waals surface area contributed by atoms with Gasteiger partial charge in [-0.3, -0.25) is 4.90 Å². The fourth-order valence-electron chi connectivity index (χ4n) is 2.57. The number of likely N-dealkylation sites (N-methyl/N-ethyl adjacent to an activating group) is 1. The van der Waals surface area contributed by atoms with Gasteiger partial charge in [0.25, 0.3) is 0 Å². The number of alkyl halides is 1. The monoisotopic (exact) mass is 374 g/mol. The zero-order valence-corrected chi connectivity index (χ0v) is 14.3. The van der Waals surface area contributed by atoms with Gasteiger partial charge < -0.3 is 4.90 Å². The van der Waals surface area contributed by atoms with Gasteiger partial charge >= 0.3 is 0 Å². The molecule has 1 saturated heterocycles. The van der Waals surface area contributed by atoms with Crippen molar-refractivity contribution in [2.45, 2.75) is 31.3 Å². The zero-order chi connectivity index (χ0) is 13.3. The lowest BCUT2D eigenvalue weighted by Crippen LogP contribution is -2.55. The van der Waals surface area contributed by atoms with Gasteiger partial charge in [-0.05, 0) is 44.7 Å². The second kappa shape index (κ2) is 5.93. The molecule has 0 radical (unpaired) electrons. The molecule has 1 aliphatic heterocycles. The number of anilines is 1. The van der Waals surface area contributed by atoms with Crippen LogP contribution >= 0.6 is 31.9 Å². The molecule has 0 spiro atoms. The number of hydrogen-bond donors (Lipinski definition) is 0. The van der Waals surface area contributed by atoms with Crippen LogP contribution < -0.4 is 4.90 Å². The number of halogens is 2. The van der Waals surface area contributed by atoms with E-state index in [0.717, 1.165) is 22.9 Å². The Morgan fingerprint density at radius 2 is 1.83 bits per heavy atom. The summed E-state index contributed by atoms with van der Waals surface area (Å²) < 4.78 is 1.15. The van der Waals surface area contributed by atoms with Crippen LogP contribution in [0, 0.1) is 0 Å². The van der Waals surface area contributed by atoms with E-state index in [4.69, 9.17) is 0 Å². The van der Waals surface area contributed by atoms with Gasteiger partial charge in [-0.1, -0.05) is 31.9 Å². The molecule has 2 rings (SSSR count). The molecule has 1 aromatic rings. The third-order valence-electron chi connectivity index (χ3n) is 3.89. The average Bonchev–Trinajstić information content (AvgIpc) is 2.35. The minimum atomic E-state index is 0.598. The van der Waals surface area contributed by atoms with Crippen molar-refractivity contribution in [1.82, 2.24) is 4.90 Å². The van der Waals surface area contributed by atoms with Gasteiger partial charge in [-0.2, -0.15) is 0 Å². The Morgan fingerprint density at radius 3 is 2.39 bits per heavy atom. The van der Waals surface area contributed by atoms with E-state index in [-0.39, 0.29) is 0 Å². The van der Waals surface area contributed by atoms with Crippen LogP contribution in [-0.4, -0.2) is 37.1 Å². The summed E-state index contributed by atoms with van der Waals surface area (Å²) >= 11 is 7.14. The molecule has 4 heteroatoms. The van der Waals surface area contributed by atoms with Crippen molar-refractivity contribution >= 4 is 37.5 Å². The van der Waals surface area contributed by atoms with E-state index in [1.807, 2.05) is 0 Å². The summed E-state index contributed by atoms with van der Waals surface area (Å²) in [5, 5.41) is 0.900. The highest BCUT2D eigenvalue weighted by Gasteiger charge is 2.27. The molecule has 0 N–H and O–H groups in total. The van der Waals surface area contributed by atoms with Crippen molar-refractivity contribution < 1.29 is 0 Å². The zero-order valence-electron chi connectivity index (χ0n) is 11.2. The van der Waals surface area contributed by atoms with Gasteiger partial charge in [0.2, 0.25) is 0 Å². The smallest absolute Gasteiger partial charge is 0.0409 e. The summed E-state index contributed by atoms with van der Waals surface area (Å²) in [6, 6.07) is 7.76. The molecule has 100 valence electrons. The Bertz CT molecular complexity index is 410. The van der Waals surface area contributed by atoms with E-state index in [2.05, 4.69) is 80.8 Å². The molecule has 1 heterocycles. The quantitative estimate of drug-likeness (QED) is 0.724. The van der Waals surface area contributed by atoms with Crippen LogP contribution in [0.2, 0.25) is 0 Å². The third-order valence-corrected chi connectivity index (χ3v) is 4.98. The van der Waals surface area contributed by atoms with Crippen LogP contribution in [0.5, 0.6) is 0 Å². The van der Waals surface area contributed by atoms with E-state index >= 15 is 0 Å². The van der Waals surface area contributed by atoms with Crippen LogP contribution in [0.4, 0.5) is 5.69 Å². The van der Waals surface area contributed by atoms with Crippen molar-refractivity contribution in [3.8, 4) is 0 Å². The van der Waals surface area contributed by atoms with Gasteiger partial charge in [-0.25, -0.2) is 0 Å². The summed E-state index contributed by atoms with van der Waals surface area (Å²) in [5.41, 5.74) is 2.72. The summed E-state index contributed by atoms with van der Waals surface area (Å²) in [6.45, 7) is 6.80. The molecule has 1 aliphatic rings. The first-order valence-corrected chi connectivity index (χ1v) is 8.25. The Morgan fingerprint density at radius 1 is 1.22 bits per heavy atom. The highest BCUT2D eigenvalue weighted by Crippen LogP contribution is 2.29. The van der Waals surface area contributed by atoms with Crippen LogP contribution in [0.1, 0.15) is 19.4 Å². The molecule has 1 fully saturated rings. The maximum atomic E-state index is 3.59. The molecule has 0 amide bonds. The van der Waals surface area contributed by atoms with Crippen molar-refractivity contribution in [3.63, 3.8) is 0 Å². The molecule has 2 unspecified atom stereocenters. The van der Waals surface area contributed by atoms with Crippen LogP contribution in [-0.2, 0) is 5.33 Å². The average molecular weight is 376 g/mol. The van der Waals surface area contributed by atoms with Crippen molar-refractivity contribution in [1.29, 1.82) is 0 Å². The van der Waals surface area contributed by atoms with E-state index < -0.39 is 0 Å². The summed E-state index contributed by atoms with van der Waals surface area (Å²) in [7, 11) is 2.22. The standard InChI is InChI=1S/C14H20Br2N2/c1-10-8-18(9-11(2)17(10)3)14-5-4-13(16)6-12(14)7-15/h4-6,10-11H,7-9H2,1-3H3. The first-order valence-electron chi connectivity index (χ1n) is 6.34. The molecule has 18 heavy (non-hydrogen) atoms. The lowest BCUT2D eigenvalue weighted by atomic mass is 10.1. The molecule has 2 nitrogen and oxygen atoms in total. The second-order valence-electron chi connectivity index (χ2n) is 5.18. The minimum Gasteiger partial charge on any atom is -0.368 e. The second-order valence-corrected chi connectivity index (χ2v) is 6.65. The predicted octanol–water partition coefficient (Wildman–Crippen LogP) is 3.87. The molecular formula is C14H20Br2N2. The Hall–Kier alpha value is -0.0600. The predicted molar refractivity (Wildman–Crippen MR) is 85.7 cm³/mol. The Kier molecular flexibility index (Phi) is 4.73. The van der Waals surface area contributed by atoms with Crippen molar-refractivity contribution in [2.24, 2.45) is 0 Å². The first-order chi connectivity index (χ1) is 8.52.